The van der Waals surface area contributed by atoms with E-state index in [9.17, 15) is 13.2 Å². The Labute approximate surface area is 178 Å². The molecule has 0 unspecified atom stereocenters. The zero-order chi connectivity index (χ0) is 20.0. The third kappa shape index (κ3) is 7.75. The number of benzene rings is 1. The van der Waals surface area contributed by atoms with E-state index in [2.05, 4.69) is 9.62 Å². The fourth-order valence-electron chi connectivity index (χ4n) is 3.31. The standard InChI is InChI=1S/C18H28ClN3O4S.ClH/c1-26-18-12-16(20)15(19)11-14(18)17(23)4-3-13-5-8-22(9-6-13)10-7-21-27(2,24)25;/h11-13,21H,3-10,20H2,1-2H3;1H. The van der Waals surface area contributed by atoms with Crippen LogP contribution in [0.2, 0.25) is 5.02 Å². The van der Waals surface area contributed by atoms with Gasteiger partial charge in [-0.05, 0) is 44.3 Å². The maximum Gasteiger partial charge on any atom is 0.208 e. The van der Waals surface area contributed by atoms with E-state index in [1.807, 2.05) is 0 Å². The highest BCUT2D eigenvalue weighted by molar-refractivity contribution is 7.88. The molecule has 3 N–H and O–H groups in total. The number of piperidine rings is 1. The first-order valence-corrected chi connectivity index (χ1v) is 11.3. The molecule has 1 aliphatic heterocycles. The van der Waals surface area contributed by atoms with Crippen LogP contribution in [0.25, 0.3) is 0 Å². The number of anilines is 1. The van der Waals surface area contributed by atoms with Gasteiger partial charge in [0.2, 0.25) is 10.0 Å². The van der Waals surface area contributed by atoms with Gasteiger partial charge in [0.15, 0.2) is 5.78 Å². The fourth-order valence-corrected chi connectivity index (χ4v) is 3.94. The molecule has 160 valence electrons. The second-order valence-electron chi connectivity index (χ2n) is 6.99. The number of nitrogen functional groups attached to an aromatic ring is 1. The number of carbonyl (C=O) groups excluding carboxylic acids is 1. The largest absolute Gasteiger partial charge is 0.496 e. The van der Waals surface area contributed by atoms with Gasteiger partial charge < -0.3 is 15.4 Å². The summed E-state index contributed by atoms with van der Waals surface area (Å²) in [5, 5.41) is 0.357. The van der Waals surface area contributed by atoms with Crippen molar-refractivity contribution in [3.63, 3.8) is 0 Å². The zero-order valence-electron chi connectivity index (χ0n) is 16.2. The molecule has 0 aromatic heterocycles. The first kappa shape index (κ1) is 25.0. The highest BCUT2D eigenvalue weighted by Crippen LogP contribution is 2.31. The van der Waals surface area contributed by atoms with Crippen molar-refractivity contribution in [1.29, 1.82) is 0 Å². The zero-order valence-corrected chi connectivity index (χ0v) is 18.6. The number of methoxy groups -OCH3 is 1. The lowest BCUT2D eigenvalue weighted by molar-refractivity contribution is 0.0960. The molecular formula is C18H29Cl2N3O4S. The molecule has 1 heterocycles. The number of hydrogen-bond acceptors (Lipinski definition) is 6. The first-order chi connectivity index (χ1) is 12.7. The van der Waals surface area contributed by atoms with Gasteiger partial charge >= 0.3 is 0 Å². The average Bonchev–Trinajstić information content (AvgIpc) is 2.61. The van der Waals surface area contributed by atoms with Crippen LogP contribution in [0, 0.1) is 5.92 Å². The number of nitrogens with one attached hydrogen (secondary N) is 1. The Kier molecular flexibility index (Phi) is 10.00. The van der Waals surface area contributed by atoms with Crippen LogP contribution in [0.4, 0.5) is 5.69 Å². The fraction of sp³-hybridized carbons (Fsp3) is 0.611. The average molecular weight is 454 g/mol. The molecule has 10 heteroatoms. The number of hydrogen-bond donors (Lipinski definition) is 2. The molecule has 0 radical (unpaired) electrons. The van der Waals surface area contributed by atoms with Gasteiger partial charge in [0, 0.05) is 25.6 Å². The topological polar surface area (TPSA) is 102 Å². The Bertz CT molecular complexity index is 766. The lowest BCUT2D eigenvalue weighted by atomic mass is 9.90. The molecule has 1 aromatic carbocycles. The highest BCUT2D eigenvalue weighted by atomic mass is 35.5. The summed E-state index contributed by atoms with van der Waals surface area (Å²) in [6.45, 7) is 2.97. The number of Topliss-reactive ketones (excluding diaryl/α,β-unsaturated/α-hetero) is 1. The number of nitrogens with two attached hydrogens (primary N) is 1. The monoisotopic (exact) mass is 453 g/mol. The molecule has 0 saturated carbocycles. The summed E-state index contributed by atoms with van der Waals surface area (Å²) >= 11 is 6.04. The van der Waals surface area contributed by atoms with Crippen molar-refractivity contribution in [1.82, 2.24) is 9.62 Å². The first-order valence-electron chi connectivity index (χ1n) is 9.03. The SMILES string of the molecule is COc1cc(N)c(Cl)cc1C(=O)CCC1CCN(CCNS(C)(=O)=O)CC1.Cl. The number of ether oxygens (including phenoxy) is 1. The Morgan fingerprint density at radius 1 is 1.36 bits per heavy atom. The summed E-state index contributed by atoms with van der Waals surface area (Å²) in [5.74, 6) is 0.951. The molecule has 0 amide bonds. The van der Waals surface area contributed by atoms with E-state index < -0.39 is 10.0 Å². The lowest BCUT2D eigenvalue weighted by Gasteiger charge is -2.31. The van der Waals surface area contributed by atoms with Gasteiger partial charge in [0.05, 0.1) is 29.6 Å². The number of sulfonamides is 1. The molecule has 1 aromatic rings. The van der Waals surface area contributed by atoms with E-state index >= 15 is 0 Å². The maximum absolute atomic E-state index is 12.6. The minimum absolute atomic E-state index is 0. The lowest BCUT2D eigenvalue weighted by Crippen LogP contribution is -2.39. The minimum atomic E-state index is -3.13. The molecule has 0 aliphatic carbocycles. The second kappa shape index (κ2) is 11.2. The summed E-state index contributed by atoms with van der Waals surface area (Å²) in [4.78, 5) is 14.8. The van der Waals surface area contributed by atoms with Crippen LogP contribution in [-0.2, 0) is 10.0 Å². The summed E-state index contributed by atoms with van der Waals surface area (Å²) in [6, 6.07) is 3.16. The minimum Gasteiger partial charge on any atom is -0.496 e. The van der Waals surface area contributed by atoms with Crippen molar-refractivity contribution in [2.45, 2.75) is 25.7 Å². The number of rotatable bonds is 9. The van der Waals surface area contributed by atoms with E-state index in [4.69, 9.17) is 22.1 Å². The smallest absolute Gasteiger partial charge is 0.208 e. The molecule has 0 atom stereocenters. The Balaban J connectivity index is 0.00000392. The predicted molar refractivity (Wildman–Crippen MR) is 115 cm³/mol. The van der Waals surface area contributed by atoms with Crippen LogP contribution in [0.5, 0.6) is 5.75 Å². The third-order valence-electron chi connectivity index (χ3n) is 4.90. The van der Waals surface area contributed by atoms with Crippen LogP contribution in [-0.4, -0.2) is 58.6 Å². The van der Waals surface area contributed by atoms with Crippen molar-refractivity contribution in [3.8, 4) is 5.75 Å². The molecule has 0 bridgehead atoms. The van der Waals surface area contributed by atoms with Crippen molar-refractivity contribution in [2.75, 3.05) is 45.3 Å². The van der Waals surface area contributed by atoms with Gasteiger partial charge in [-0.3, -0.25) is 4.79 Å². The molecule has 28 heavy (non-hydrogen) atoms. The van der Waals surface area contributed by atoms with Crippen LogP contribution in [0.1, 0.15) is 36.0 Å². The van der Waals surface area contributed by atoms with Crippen molar-refractivity contribution >= 4 is 45.5 Å². The summed E-state index contributed by atoms with van der Waals surface area (Å²) in [6.07, 6.45) is 4.44. The van der Waals surface area contributed by atoms with Gasteiger partial charge in [-0.1, -0.05) is 11.6 Å². The molecule has 2 rings (SSSR count). The number of likely N-dealkylation sites (tertiary alicyclic amines) is 1. The van der Waals surface area contributed by atoms with Gasteiger partial charge in [-0.15, -0.1) is 12.4 Å². The Morgan fingerprint density at radius 2 is 2.00 bits per heavy atom. The molecular weight excluding hydrogens is 425 g/mol. The van der Waals surface area contributed by atoms with Crippen LogP contribution in [0.3, 0.4) is 0 Å². The number of carbonyl (C=O) groups is 1. The number of halogens is 2. The van der Waals surface area contributed by atoms with Crippen molar-refractivity contribution in [3.05, 3.63) is 22.7 Å². The van der Waals surface area contributed by atoms with E-state index in [1.54, 1.807) is 12.1 Å². The third-order valence-corrected chi connectivity index (χ3v) is 5.95. The van der Waals surface area contributed by atoms with Crippen molar-refractivity contribution < 1.29 is 17.9 Å². The number of nitrogens with zero attached hydrogens (tertiary/aromatic N) is 1. The number of ketones is 1. The van der Waals surface area contributed by atoms with Crippen LogP contribution >= 0.6 is 24.0 Å². The van der Waals surface area contributed by atoms with Crippen molar-refractivity contribution in [2.24, 2.45) is 5.92 Å². The molecule has 7 nitrogen and oxygen atoms in total. The van der Waals surface area contributed by atoms with Gasteiger partial charge in [-0.2, -0.15) is 0 Å². The second-order valence-corrected chi connectivity index (χ2v) is 9.23. The highest BCUT2D eigenvalue weighted by Gasteiger charge is 2.21. The van der Waals surface area contributed by atoms with E-state index in [1.165, 1.54) is 13.4 Å². The Morgan fingerprint density at radius 3 is 2.57 bits per heavy atom. The van der Waals surface area contributed by atoms with E-state index in [0.717, 1.165) is 32.4 Å². The van der Waals surface area contributed by atoms with Gasteiger partial charge in [0.25, 0.3) is 0 Å². The molecule has 1 saturated heterocycles. The van der Waals surface area contributed by atoms with E-state index in [-0.39, 0.29) is 18.2 Å². The van der Waals surface area contributed by atoms with Gasteiger partial charge in [-0.25, -0.2) is 13.1 Å². The maximum atomic E-state index is 12.6. The molecule has 1 fully saturated rings. The van der Waals surface area contributed by atoms with Crippen LogP contribution < -0.4 is 15.2 Å². The summed E-state index contributed by atoms with van der Waals surface area (Å²) in [5.41, 5.74) is 6.63. The summed E-state index contributed by atoms with van der Waals surface area (Å²) < 4.78 is 29.9. The Hall–Kier alpha value is -1.06. The van der Waals surface area contributed by atoms with Crippen LogP contribution in [0.15, 0.2) is 12.1 Å². The van der Waals surface area contributed by atoms with Gasteiger partial charge in [0.1, 0.15) is 5.75 Å². The predicted octanol–water partition coefficient (Wildman–Crippen LogP) is 2.58. The molecule has 1 aliphatic rings. The summed E-state index contributed by atoms with van der Waals surface area (Å²) in [7, 11) is -1.63. The van der Waals surface area contributed by atoms with E-state index in [0.29, 0.717) is 47.5 Å². The normalized spacial score (nSPS) is 15.8. The quantitative estimate of drug-likeness (QED) is 0.439. The molecule has 0 spiro atoms.